The van der Waals surface area contributed by atoms with Crippen LogP contribution in [0.5, 0.6) is 0 Å². The lowest BCUT2D eigenvalue weighted by Crippen LogP contribution is -1.99. The standard InChI is InChI=1S/C6H7ClF/c7-6(1-2-6)4-3-5(4)8/h4H,1-3H2. The molecule has 0 aromatic carbocycles. The molecule has 45 valence electrons. The Morgan fingerprint density at radius 1 is 1.62 bits per heavy atom. The zero-order valence-electron chi connectivity index (χ0n) is 4.45. The molecule has 0 bridgehead atoms. The van der Waals surface area contributed by atoms with Crippen molar-refractivity contribution < 1.29 is 4.39 Å². The van der Waals surface area contributed by atoms with E-state index in [1.54, 1.807) is 0 Å². The second kappa shape index (κ2) is 1.21. The van der Waals surface area contributed by atoms with E-state index in [0.717, 1.165) is 12.8 Å². The Morgan fingerprint density at radius 3 is 2.25 bits per heavy atom. The highest BCUT2D eigenvalue weighted by Gasteiger charge is 2.60. The molecule has 1 unspecified atom stereocenters. The van der Waals surface area contributed by atoms with Gasteiger partial charge in [0, 0.05) is 5.92 Å². The van der Waals surface area contributed by atoms with Gasteiger partial charge in [-0.3, -0.25) is 0 Å². The molecule has 0 heterocycles. The number of halogens is 2. The summed E-state index contributed by atoms with van der Waals surface area (Å²) in [5.41, 5.74) is 0. The molecular formula is C6H7ClF. The van der Waals surface area contributed by atoms with Crippen molar-refractivity contribution in [1.82, 2.24) is 0 Å². The predicted molar refractivity (Wildman–Crippen MR) is 30.3 cm³/mol. The molecule has 2 aliphatic carbocycles. The third-order valence-electron chi connectivity index (χ3n) is 1.97. The Bertz CT molecular complexity index is 120. The van der Waals surface area contributed by atoms with Gasteiger partial charge in [-0.15, -0.1) is 11.6 Å². The second-order valence-corrected chi connectivity index (χ2v) is 3.49. The fraction of sp³-hybridized carbons (Fsp3) is 0.833. The Hall–Kier alpha value is 0.220. The van der Waals surface area contributed by atoms with Gasteiger partial charge in [0.05, 0.1) is 4.87 Å². The molecule has 0 spiro atoms. The highest BCUT2D eigenvalue weighted by atomic mass is 35.5. The fourth-order valence-corrected chi connectivity index (χ4v) is 1.36. The zero-order valence-corrected chi connectivity index (χ0v) is 5.21. The van der Waals surface area contributed by atoms with E-state index in [9.17, 15) is 4.39 Å². The average Bonchev–Trinajstić information content (AvgIpc) is 2.47. The normalized spacial score (nSPS) is 42.0. The maximum Gasteiger partial charge on any atom is 0.150 e. The minimum atomic E-state index is -0.107. The minimum Gasteiger partial charge on any atom is -0.240 e. The van der Waals surface area contributed by atoms with Gasteiger partial charge in [0.15, 0.2) is 0 Å². The van der Waals surface area contributed by atoms with Gasteiger partial charge in [-0.25, -0.2) is 4.39 Å². The molecular weight excluding hydrogens is 127 g/mol. The highest BCUT2D eigenvalue weighted by molar-refractivity contribution is 6.26. The molecule has 2 rings (SSSR count). The van der Waals surface area contributed by atoms with Crippen LogP contribution in [0.25, 0.3) is 0 Å². The van der Waals surface area contributed by atoms with E-state index in [1.807, 2.05) is 0 Å². The summed E-state index contributed by atoms with van der Waals surface area (Å²) in [6, 6.07) is 0. The van der Waals surface area contributed by atoms with Gasteiger partial charge in [0.1, 0.15) is 6.17 Å². The van der Waals surface area contributed by atoms with Crippen LogP contribution in [0.2, 0.25) is 0 Å². The lowest BCUT2D eigenvalue weighted by atomic mass is 10.3. The van der Waals surface area contributed by atoms with E-state index < -0.39 is 0 Å². The minimum absolute atomic E-state index is 0.107. The monoisotopic (exact) mass is 133 g/mol. The zero-order chi connectivity index (χ0) is 5.78. The molecule has 2 fully saturated rings. The van der Waals surface area contributed by atoms with Crippen molar-refractivity contribution in [1.29, 1.82) is 0 Å². The molecule has 1 radical (unpaired) electrons. The summed E-state index contributed by atoms with van der Waals surface area (Å²) < 4.78 is 12.1. The number of hydrogen-bond acceptors (Lipinski definition) is 0. The Balaban J connectivity index is 1.99. The molecule has 2 saturated carbocycles. The smallest absolute Gasteiger partial charge is 0.150 e. The number of rotatable bonds is 1. The third kappa shape index (κ3) is 0.572. The molecule has 2 heteroatoms. The highest BCUT2D eigenvalue weighted by Crippen LogP contribution is 2.63. The summed E-state index contributed by atoms with van der Waals surface area (Å²) in [5, 5.41) is 0. The largest absolute Gasteiger partial charge is 0.240 e. The van der Waals surface area contributed by atoms with E-state index >= 15 is 0 Å². The first-order chi connectivity index (χ1) is 3.72. The molecule has 0 saturated heterocycles. The van der Waals surface area contributed by atoms with Crippen molar-refractivity contribution in [3.63, 3.8) is 0 Å². The van der Waals surface area contributed by atoms with Crippen molar-refractivity contribution in [2.75, 3.05) is 0 Å². The van der Waals surface area contributed by atoms with Gasteiger partial charge in [-0.05, 0) is 19.3 Å². The van der Waals surface area contributed by atoms with Crippen molar-refractivity contribution in [2.45, 2.75) is 24.1 Å². The molecule has 0 amide bonds. The summed E-state index contributed by atoms with van der Waals surface area (Å²) in [7, 11) is 0. The quantitative estimate of drug-likeness (QED) is 0.482. The molecule has 0 aromatic rings. The first-order valence-electron chi connectivity index (χ1n) is 2.92. The molecule has 8 heavy (non-hydrogen) atoms. The van der Waals surface area contributed by atoms with Gasteiger partial charge < -0.3 is 0 Å². The van der Waals surface area contributed by atoms with Crippen LogP contribution in [-0.2, 0) is 0 Å². The van der Waals surface area contributed by atoms with Crippen molar-refractivity contribution in [3.8, 4) is 0 Å². The third-order valence-corrected chi connectivity index (χ3v) is 2.61. The Morgan fingerprint density at radius 2 is 2.12 bits per heavy atom. The maximum absolute atomic E-state index is 12.1. The number of hydrogen-bond donors (Lipinski definition) is 0. The molecule has 1 atom stereocenters. The van der Waals surface area contributed by atoms with Crippen molar-refractivity contribution >= 4 is 11.6 Å². The predicted octanol–water partition coefficient (Wildman–Crippen LogP) is 2.28. The Labute approximate surface area is 53.0 Å². The van der Waals surface area contributed by atoms with Gasteiger partial charge >= 0.3 is 0 Å². The van der Waals surface area contributed by atoms with Crippen LogP contribution in [0.1, 0.15) is 19.3 Å². The van der Waals surface area contributed by atoms with Gasteiger partial charge in [-0.1, -0.05) is 0 Å². The van der Waals surface area contributed by atoms with Crippen LogP contribution in [0.4, 0.5) is 4.39 Å². The maximum atomic E-state index is 12.1. The Kier molecular flexibility index (Phi) is 0.760. The topological polar surface area (TPSA) is 0 Å². The molecule has 0 aliphatic heterocycles. The molecule has 0 N–H and O–H groups in total. The lowest BCUT2D eigenvalue weighted by Gasteiger charge is -1.97. The lowest BCUT2D eigenvalue weighted by molar-refractivity contribution is 0.551. The second-order valence-electron chi connectivity index (χ2n) is 2.74. The van der Waals surface area contributed by atoms with Crippen LogP contribution >= 0.6 is 11.6 Å². The van der Waals surface area contributed by atoms with Crippen LogP contribution < -0.4 is 0 Å². The number of alkyl halides is 1. The van der Waals surface area contributed by atoms with Crippen LogP contribution in [0.15, 0.2) is 0 Å². The van der Waals surface area contributed by atoms with Crippen LogP contribution in [0, 0.1) is 12.1 Å². The van der Waals surface area contributed by atoms with Crippen LogP contribution in [-0.4, -0.2) is 4.87 Å². The summed E-state index contributed by atoms with van der Waals surface area (Å²) in [5.74, 6) is 0.143. The first-order valence-corrected chi connectivity index (χ1v) is 3.30. The van der Waals surface area contributed by atoms with Crippen LogP contribution in [0.3, 0.4) is 0 Å². The molecule has 2 aliphatic rings. The molecule has 0 aromatic heterocycles. The molecule has 0 nitrogen and oxygen atoms in total. The first kappa shape index (κ1) is 5.04. The van der Waals surface area contributed by atoms with E-state index in [4.69, 9.17) is 11.6 Å². The van der Waals surface area contributed by atoms with Crippen molar-refractivity contribution in [2.24, 2.45) is 5.92 Å². The van der Waals surface area contributed by atoms with E-state index in [-0.39, 0.29) is 17.0 Å². The summed E-state index contributed by atoms with van der Waals surface area (Å²) in [6.45, 7) is 0. The average molecular weight is 134 g/mol. The van der Waals surface area contributed by atoms with Gasteiger partial charge in [-0.2, -0.15) is 0 Å². The van der Waals surface area contributed by atoms with E-state index in [2.05, 4.69) is 0 Å². The van der Waals surface area contributed by atoms with E-state index in [0.29, 0.717) is 6.42 Å². The van der Waals surface area contributed by atoms with Crippen molar-refractivity contribution in [3.05, 3.63) is 6.17 Å². The van der Waals surface area contributed by atoms with E-state index in [1.165, 1.54) is 0 Å². The SMILES string of the molecule is F[C]1CC1C1(Cl)CC1. The van der Waals surface area contributed by atoms with Gasteiger partial charge in [0.25, 0.3) is 0 Å². The summed E-state index contributed by atoms with van der Waals surface area (Å²) >= 11 is 5.88. The van der Waals surface area contributed by atoms with Gasteiger partial charge in [0.2, 0.25) is 0 Å². The summed E-state index contributed by atoms with van der Waals surface area (Å²) in [6.07, 6.45) is 2.81. The summed E-state index contributed by atoms with van der Waals surface area (Å²) in [4.78, 5) is -0.107. The fourth-order valence-electron chi connectivity index (χ4n) is 1.07.